The monoisotopic (exact) mass is 370 g/mol. The third-order valence-corrected chi connectivity index (χ3v) is 4.54. The summed E-state index contributed by atoms with van der Waals surface area (Å²) in [5.74, 6) is -0.0666. The third kappa shape index (κ3) is 5.22. The Balaban J connectivity index is 1.57. The molecule has 0 aliphatic heterocycles. The number of rotatable bonds is 9. The number of fused-ring (bicyclic) bond motifs is 1. The number of anilines is 1. The van der Waals surface area contributed by atoms with E-state index in [2.05, 4.69) is 38.1 Å². The zero-order valence-corrected chi connectivity index (χ0v) is 15.2. The predicted molar refractivity (Wildman–Crippen MR) is 103 cm³/mol. The number of aliphatic hydroxyl groups excluding tert-OH is 1. The van der Waals surface area contributed by atoms with Crippen LogP contribution in [0.2, 0.25) is 0 Å². The summed E-state index contributed by atoms with van der Waals surface area (Å²) in [7, 11) is 0. The second-order valence-corrected chi connectivity index (χ2v) is 6.60. The topological polar surface area (TPSA) is 125 Å². The van der Waals surface area contributed by atoms with E-state index in [1.54, 1.807) is 0 Å². The van der Waals surface area contributed by atoms with Crippen LogP contribution in [-0.4, -0.2) is 46.5 Å². The van der Waals surface area contributed by atoms with Gasteiger partial charge in [0.1, 0.15) is 0 Å². The molecule has 1 aliphatic rings. The molecule has 0 saturated heterocycles. The van der Waals surface area contributed by atoms with Gasteiger partial charge in [0, 0.05) is 18.4 Å². The fraction of sp³-hybridized carbons (Fsp3) is 0.421. The van der Waals surface area contributed by atoms with Gasteiger partial charge in [-0.25, -0.2) is 9.97 Å². The molecule has 1 aliphatic carbocycles. The molecule has 6 N–H and O–H groups in total. The number of hydrogen-bond acceptors (Lipinski definition) is 7. The van der Waals surface area contributed by atoms with E-state index in [9.17, 15) is 9.90 Å². The second kappa shape index (κ2) is 9.40. The van der Waals surface area contributed by atoms with Crippen LogP contribution < -0.4 is 21.7 Å². The van der Waals surface area contributed by atoms with Gasteiger partial charge < -0.3 is 21.5 Å². The number of amides is 1. The summed E-state index contributed by atoms with van der Waals surface area (Å²) in [4.78, 5) is 21.0. The normalized spacial score (nSPS) is 14.6. The van der Waals surface area contributed by atoms with Crippen molar-refractivity contribution in [2.45, 2.75) is 38.1 Å². The first-order valence-corrected chi connectivity index (χ1v) is 9.24. The molecular formula is C19H26N6O2. The first-order valence-electron chi connectivity index (χ1n) is 9.24. The van der Waals surface area contributed by atoms with Crippen molar-refractivity contribution < 1.29 is 9.90 Å². The summed E-state index contributed by atoms with van der Waals surface area (Å²) in [6.45, 7) is 1.22. The first-order chi connectivity index (χ1) is 13.2. The van der Waals surface area contributed by atoms with E-state index in [1.807, 2.05) is 12.1 Å². The summed E-state index contributed by atoms with van der Waals surface area (Å²) in [6, 6.07) is 8.22. The SMILES string of the molecule is NCCCCNC(O)Nc1nccnc1C(=O)NC1Cc2ccccc2C1. The van der Waals surface area contributed by atoms with Gasteiger partial charge in [-0.15, -0.1) is 0 Å². The molecule has 0 fully saturated rings. The summed E-state index contributed by atoms with van der Waals surface area (Å²) in [5, 5.41) is 18.8. The standard InChI is InChI=1S/C19H26N6O2/c20-7-3-4-8-23-19(27)25-17-16(21-9-10-22-17)18(26)24-15-11-13-5-1-2-6-14(13)12-15/h1-2,5-6,9-10,15,19,23,27H,3-4,7-8,11-12,20H2,(H,22,25)(H,24,26). The number of unbranched alkanes of at least 4 members (excludes halogenated alkanes) is 1. The number of carbonyl (C=O) groups excluding carboxylic acids is 1. The van der Waals surface area contributed by atoms with Gasteiger partial charge in [0.25, 0.3) is 5.91 Å². The Morgan fingerprint density at radius 2 is 1.89 bits per heavy atom. The number of nitrogens with two attached hydrogens (primary N) is 1. The third-order valence-electron chi connectivity index (χ3n) is 4.54. The first kappa shape index (κ1) is 19.2. The van der Waals surface area contributed by atoms with Crippen LogP contribution in [0.4, 0.5) is 5.82 Å². The Labute approximate surface area is 158 Å². The van der Waals surface area contributed by atoms with Crippen LogP contribution >= 0.6 is 0 Å². The molecule has 1 atom stereocenters. The van der Waals surface area contributed by atoms with E-state index < -0.39 is 6.35 Å². The van der Waals surface area contributed by atoms with Crippen LogP contribution in [0.25, 0.3) is 0 Å². The van der Waals surface area contributed by atoms with Crippen molar-refractivity contribution in [3.63, 3.8) is 0 Å². The number of nitrogens with one attached hydrogen (secondary N) is 3. The minimum atomic E-state index is -1.03. The van der Waals surface area contributed by atoms with Crippen LogP contribution in [0, 0.1) is 0 Å². The number of aromatic nitrogens is 2. The van der Waals surface area contributed by atoms with Gasteiger partial charge in [-0.2, -0.15) is 0 Å². The van der Waals surface area contributed by atoms with E-state index in [1.165, 1.54) is 23.5 Å². The largest absolute Gasteiger partial charge is 0.361 e. The summed E-state index contributed by atoms with van der Waals surface area (Å²) in [6.07, 6.45) is 5.25. The molecular weight excluding hydrogens is 344 g/mol. The van der Waals surface area contributed by atoms with E-state index in [4.69, 9.17) is 5.73 Å². The number of hydrogen-bond donors (Lipinski definition) is 5. The van der Waals surface area contributed by atoms with Gasteiger partial charge in [-0.1, -0.05) is 24.3 Å². The second-order valence-electron chi connectivity index (χ2n) is 6.60. The molecule has 3 rings (SSSR count). The highest BCUT2D eigenvalue weighted by atomic mass is 16.3. The molecule has 144 valence electrons. The number of aliphatic hydroxyl groups is 1. The fourth-order valence-electron chi connectivity index (χ4n) is 3.21. The molecule has 1 aromatic carbocycles. The van der Waals surface area contributed by atoms with Crippen molar-refractivity contribution >= 4 is 11.7 Å². The molecule has 0 spiro atoms. The lowest BCUT2D eigenvalue weighted by Gasteiger charge is -2.17. The molecule has 8 nitrogen and oxygen atoms in total. The molecule has 0 bridgehead atoms. The van der Waals surface area contributed by atoms with Crippen molar-refractivity contribution in [2.75, 3.05) is 18.4 Å². The van der Waals surface area contributed by atoms with Gasteiger partial charge in [-0.05, 0) is 49.9 Å². The van der Waals surface area contributed by atoms with Crippen molar-refractivity contribution in [1.29, 1.82) is 0 Å². The smallest absolute Gasteiger partial charge is 0.273 e. The van der Waals surface area contributed by atoms with Crippen LogP contribution in [0.5, 0.6) is 0 Å². The predicted octanol–water partition coefficient (Wildman–Crippen LogP) is 0.390. The van der Waals surface area contributed by atoms with Gasteiger partial charge in [0.15, 0.2) is 17.9 Å². The fourth-order valence-corrected chi connectivity index (χ4v) is 3.21. The maximum absolute atomic E-state index is 12.7. The average molecular weight is 370 g/mol. The highest BCUT2D eigenvalue weighted by Crippen LogP contribution is 2.22. The maximum Gasteiger partial charge on any atom is 0.273 e. The Bertz CT molecular complexity index is 744. The maximum atomic E-state index is 12.7. The highest BCUT2D eigenvalue weighted by molar-refractivity contribution is 5.96. The quantitative estimate of drug-likeness (QED) is 0.319. The van der Waals surface area contributed by atoms with Crippen LogP contribution in [0.1, 0.15) is 34.5 Å². The van der Waals surface area contributed by atoms with Crippen molar-refractivity contribution in [1.82, 2.24) is 20.6 Å². The summed E-state index contributed by atoms with van der Waals surface area (Å²) in [5.41, 5.74) is 8.13. The molecule has 8 heteroatoms. The van der Waals surface area contributed by atoms with Gasteiger partial charge in [0.05, 0.1) is 0 Å². The molecule has 27 heavy (non-hydrogen) atoms. The minimum Gasteiger partial charge on any atom is -0.361 e. The van der Waals surface area contributed by atoms with Crippen LogP contribution in [0.3, 0.4) is 0 Å². The van der Waals surface area contributed by atoms with E-state index in [0.717, 1.165) is 25.7 Å². The van der Waals surface area contributed by atoms with Crippen molar-refractivity contribution in [3.8, 4) is 0 Å². The molecule has 0 saturated carbocycles. The molecule has 1 heterocycles. The zero-order chi connectivity index (χ0) is 19.1. The number of benzene rings is 1. The van der Waals surface area contributed by atoms with Gasteiger partial charge >= 0.3 is 0 Å². The van der Waals surface area contributed by atoms with Crippen molar-refractivity contribution in [2.24, 2.45) is 5.73 Å². The molecule has 1 aromatic heterocycles. The lowest BCUT2D eigenvalue weighted by molar-refractivity contribution is 0.0933. The summed E-state index contributed by atoms with van der Waals surface area (Å²) >= 11 is 0. The molecule has 0 radical (unpaired) electrons. The van der Waals surface area contributed by atoms with E-state index in [0.29, 0.717) is 13.1 Å². The van der Waals surface area contributed by atoms with Crippen molar-refractivity contribution in [3.05, 3.63) is 53.5 Å². The van der Waals surface area contributed by atoms with Crippen LogP contribution in [0.15, 0.2) is 36.7 Å². The van der Waals surface area contributed by atoms with Gasteiger partial charge in [0.2, 0.25) is 0 Å². The Kier molecular flexibility index (Phi) is 6.69. The zero-order valence-electron chi connectivity index (χ0n) is 15.2. The Hall–Kier alpha value is -2.55. The summed E-state index contributed by atoms with van der Waals surface area (Å²) < 4.78 is 0. The van der Waals surface area contributed by atoms with E-state index >= 15 is 0 Å². The molecule has 1 amide bonds. The van der Waals surface area contributed by atoms with Crippen LogP contribution in [-0.2, 0) is 12.8 Å². The molecule has 1 unspecified atom stereocenters. The number of carbonyl (C=O) groups is 1. The highest BCUT2D eigenvalue weighted by Gasteiger charge is 2.25. The van der Waals surface area contributed by atoms with Gasteiger partial charge in [-0.3, -0.25) is 10.1 Å². The lowest BCUT2D eigenvalue weighted by Crippen LogP contribution is -2.39. The Morgan fingerprint density at radius 1 is 1.19 bits per heavy atom. The average Bonchev–Trinajstić information content (AvgIpc) is 3.08. The lowest BCUT2D eigenvalue weighted by atomic mass is 10.1. The molecule has 2 aromatic rings. The van der Waals surface area contributed by atoms with E-state index in [-0.39, 0.29) is 23.5 Å². The Morgan fingerprint density at radius 3 is 2.59 bits per heavy atom. The minimum absolute atomic E-state index is 0.0315. The number of nitrogens with zero attached hydrogens (tertiary/aromatic N) is 2.